The second-order valence-electron chi connectivity index (χ2n) is 14.2. The molecule has 0 bridgehead atoms. The highest BCUT2D eigenvalue weighted by Crippen LogP contribution is 2.41. The monoisotopic (exact) mass is 588 g/mol. The smallest absolute Gasteiger partial charge is 0.342 e. The van der Waals surface area contributed by atoms with Gasteiger partial charge in [0, 0.05) is 18.9 Å². The minimum absolute atomic E-state index is 0.0244. The fourth-order valence-electron chi connectivity index (χ4n) is 4.10. The van der Waals surface area contributed by atoms with Gasteiger partial charge in [0.2, 0.25) is 0 Å². The summed E-state index contributed by atoms with van der Waals surface area (Å²) in [5.41, 5.74) is 1.32. The summed E-state index contributed by atoms with van der Waals surface area (Å²) < 4.78 is 19.8. The van der Waals surface area contributed by atoms with Crippen LogP contribution >= 0.6 is 0 Å². The molecule has 0 spiro atoms. The number of carbonyl (C=O) groups excluding carboxylic acids is 1. The third-order valence-corrected chi connectivity index (χ3v) is 17.7. The molecular formula is C32H52O6Si2. The van der Waals surface area contributed by atoms with Gasteiger partial charge in [-0.1, -0.05) is 78.8 Å². The normalized spacial score (nSPS) is 22.6. The summed E-state index contributed by atoms with van der Waals surface area (Å²) >= 11 is 0. The van der Waals surface area contributed by atoms with E-state index in [-0.39, 0.29) is 22.1 Å². The molecule has 3 atom stereocenters. The molecule has 0 saturated carbocycles. The Bertz CT molecular complexity index is 1090. The minimum Gasteiger partial charge on any atom is -0.543 e. The van der Waals surface area contributed by atoms with Gasteiger partial charge in [0.25, 0.3) is 8.32 Å². The molecule has 0 fully saturated rings. The van der Waals surface area contributed by atoms with Crippen molar-refractivity contribution in [3.63, 3.8) is 0 Å². The average Bonchev–Trinajstić information content (AvgIpc) is 2.78. The molecule has 0 aliphatic carbocycles. The van der Waals surface area contributed by atoms with Crippen LogP contribution in [0.25, 0.3) is 0 Å². The summed E-state index contributed by atoms with van der Waals surface area (Å²) in [7, 11) is -4.36. The zero-order valence-corrected chi connectivity index (χ0v) is 28.6. The predicted molar refractivity (Wildman–Crippen MR) is 168 cm³/mol. The van der Waals surface area contributed by atoms with Crippen LogP contribution in [0.2, 0.25) is 36.3 Å². The van der Waals surface area contributed by atoms with E-state index in [2.05, 4.69) is 86.8 Å². The van der Waals surface area contributed by atoms with Gasteiger partial charge >= 0.3 is 11.9 Å². The number of fused-ring (bicyclic) bond motifs is 1. The number of esters is 1. The summed E-state index contributed by atoms with van der Waals surface area (Å²) in [5.74, 6) is -0.711. The van der Waals surface area contributed by atoms with Crippen LogP contribution in [0.3, 0.4) is 0 Å². The summed E-state index contributed by atoms with van der Waals surface area (Å²) in [5, 5.41) is 9.17. The predicted octanol–water partition coefficient (Wildman–Crippen LogP) is 8.55. The van der Waals surface area contributed by atoms with Crippen LogP contribution < -0.4 is 4.43 Å². The van der Waals surface area contributed by atoms with Gasteiger partial charge in [-0.25, -0.2) is 9.59 Å². The Kier molecular flexibility index (Phi) is 11.2. The first-order chi connectivity index (χ1) is 18.2. The van der Waals surface area contributed by atoms with Gasteiger partial charge in [-0.15, -0.1) is 0 Å². The van der Waals surface area contributed by atoms with E-state index in [1.54, 1.807) is 6.08 Å². The number of hydrogen-bond donors (Lipinski definition) is 1. The number of ether oxygens (including phenoxy) is 1. The van der Waals surface area contributed by atoms with E-state index in [9.17, 15) is 14.7 Å². The van der Waals surface area contributed by atoms with Crippen LogP contribution in [-0.2, 0) is 20.4 Å². The van der Waals surface area contributed by atoms with Crippen molar-refractivity contribution in [2.75, 3.05) is 0 Å². The molecule has 0 radical (unpaired) electrons. The number of carboxylic acid groups (broad SMARTS) is 1. The van der Waals surface area contributed by atoms with Gasteiger partial charge in [0.05, 0.1) is 6.10 Å². The van der Waals surface area contributed by atoms with Crippen LogP contribution in [0, 0.1) is 5.92 Å². The Morgan fingerprint density at radius 3 is 2.25 bits per heavy atom. The van der Waals surface area contributed by atoms with E-state index in [0.29, 0.717) is 30.6 Å². The number of cyclic esters (lactones) is 1. The second kappa shape index (κ2) is 13.2. The Morgan fingerprint density at radius 1 is 1.05 bits per heavy atom. The van der Waals surface area contributed by atoms with Gasteiger partial charge in [-0.3, -0.25) is 0 Å². The van der Waals surface area contributed by atoms with Gasteiger partial charge in [0.1, 0.15) is 17.4 Å². The number of benzene rings is 1. The molecule has 224 valence electrons. The summed E-state index contributed by atoms with van der Waals surface area (Å²) in [4.78, 5) is 25.1. The maximum Gasteiger partial charge on any atom is 0.342 e. The first-order valence-corrected chi connectivity index (χ1v) is 20.3. The van der Waals surface area contributed by atoms with Crippen molar-refractivity contribution in [1.82, 2.24) is 0 Å². The quantitative estimate of drug-likeness (QED) is 0.149. The van der Waals surface area contributed by atoms with Crippen molar-refractivity contribution in [2.45, 2.75) is 123 Å². The lowest BCUT2D eigenvalue weighted by Gasteiger charge is -2.41. The third kappa shape index (κ3) is 9.18. The van der Waals surface area contributed by atoms with Crippen LogP contribution in [-0.4, -0.2) is 45.9 Å². The summed E-state index contributed by atoms with van der Waals surface area (Å²) in [6.45, 7) is 24.1. The maximum absolute atomic E-state index is 13.9. The zero-order valence-electron chi connectivity index (χ0n) is 26.6. The highest BCUT2D eigenvalue weighted by Gasteiger charge is 2.42. The molecule has 1 N–H and O–H groups in total. The van der Waals surface area contributed by atoms with Crippen LogP contribution in [0.5, 0.6) is 5.75 Å². The molecule has 0 saturated heterocycles. The first-order valence-electron chi connectivity index (χ1n) is 14.5. The fraction of sp³-hybridized carbons (Fsp3) is 0.625. The van der Waals surface area contributed by atoms with Crippen molar-refractivity contribution in [3.05, 3.63) is 53.6 Å². The molecule has 1 heterocycles. The topological polar surface area (TPSA) is 82.1 Å². The Hall–Kier alpha value is -2.17. The van der Waals surface area contributed by atoms with Crippen molar-refractivity contribution >= 4 is 28.6 Å². The lowest BCUT2D eigenvalue weighted by Crippen LogP contribution is -2.46. The summed E-state index contributed by atoms with van der Waals surface area (Å²) in [6, 6.07) is 5.76. The van der Waals surface area contributed by atoms with E-state index in [1.807, 2.05) is 18.2 Å². The SMILES string of the molecule is C[C@H]1C/C=C/Cc2cccc(O[Si](C)(C)C(C)(C)C)c2C(=O)OC(C/C=C/C(=O)O)C[C@H]1O[Si](C)(C)C(C)(C)C. The van der Waals surface area contributed by atoms with Crippen molar-refractivity contribution in [3.8, 4) is 5.75 Å². The van der Waals surface area contributed by atoms with Gasteiger partial charge < -0.3 is 18.7 Å². The lowest BCUT2D eigenvalue weighted by atomic mass is 9.93. The lowest BCUT2D eigenvalue weighted by molar-refractivity contribution is -0.131. The van der Waals surface area contributed by atoms with Crippen LogP contribution in [0.4, 0.5) is 0 Å². The van der Waals surface area contributed by atoms with E-state index >= 15 is 0 Å². The van der Waals surface area contributed by atoms with E-state index in [0.717, 1.165) is 18.1 Å². The molecule has 0 amide bonds. The van der Waals surface area contributed by atoms with Crippen LogP contribution in [0.1, 0.15) is 83.7 Å². The molecule has 6 nitrogen and oxygen atoms in total. The van der Waals surface area contributed by atoms with Crippen molar-refractivity contribution in [2.24, 2.45) is 5.92 Å². The van der Waals surface area contributed by atoms with Crippen molar-refractivity contribution < 1.29 is 28.3 Å². The molecule has 40 heavy (non-hydrogen) atoms. The highest BCUT2D eigenvalue weighted by molar-refractivity contribution is 6.75. The van der Waals surface area contributed by atoms with Gasteiger partial charge in [-0.05, 0) is 66.7 Å². The first kappa shape index (κ1) is 34.0. The Balaban J connectivity index is 2.56. The van der Waals surface area contributed by atoms with Gasteiger partial charge in [0.15, 0.2) is 8.32 Å². The van der Waals surface area contributed by atoms with Crippen LogP contribution in [0.15, 0.2) is 42.5 Å². The fourth-order valence-corrected chi connectivity index (χ4v) is 6.56. The molecule has 2 rings (SSSR count). The number of rotatable bonds is 7. The standard InChI is InChI=1S/C32H52O6Si2/c1-23-16-12-13-17-24-18-14-20-26(37-39(8,9)31(2,3)4)29(24)30(35)36-25(19-15-21-28(33)34)22-27(23)38-40(10,11)32(5,6)7/h12-15,18,20-21,23,25,27H,16-17,19,22H2,1-11H3,(H,33,34)/b13-12+,21-15+/t23-,25?,27+/m0/s1. The largest absolute Gasteiger partial charge is 0.543 e. The average molecular weight is 589 g/mol. The van der Waals surface area contributed by atoms with E-state index in [4.69, 9.17) is 13.6 Å². The molecule has 1 unspecified atom stereocenters. The van der Waals surface area contributed by atoms with E-state index in [1.165, 1.54) is 0 Å². The zero-order chi connectivity index (χ0) is 30.5. The van der Waals surface area contributed by atoms with Gasteiger partial charge in [-0.2, -0.15) is 0 Å². The number of carboxylic acids is 1. The molecule has 1 aromatic rings. The number of hydrogen-bond acceptors (Lipinski definition) is 5. The Labute approximate surface area is 244 Å². The van der Waals surface area contributed by atoms with E-state index < -0.39 is 34.7 Å². The maximum atomic E-state index is 13.9. The molecule has 8 heteroatoms. The molecular weight excluding hydrogens is 537 g/mol. The second-order valence-corrected chi connectivity index (χ2v) is 23.7. The number of carbonyl (C=O) groups is 2. The highest BCUT2D eigenvalue weighted by atomic mass is 28.4. The minimum atomic E-state index is -2.24. The molecule has 1 aliphatic heterocycles. The molecule has 1 aliphatic rings. The number of aliphatic carboxylic acids is 1. The third-order valence-electron chi connectivity index (χ3n) is 8.82. The number of allylic oxidation sites excluding steroid dienone is 2. The molecule has 0 aromatic heterocycles. The molecule has 1 aromatic carbocycles. The Morgan fingerprint density at radius 2 is 1.68 bits per heavy atom. The summed E-state index contributed by atoms with van der Waals surface area (Å²) in [6.07, 6.45) is 8.50. The van der Waals surface area contributed by atoms with Crippen molar-refractivity contribution in [1.29, 1.82) is 0 Å².